The Morgan fingerprint density at radius 1 is 1.00 bits per heavy atom. The van der Waals surface area contributed by atoms with Gasteiger partial charge in [0.1, 0.15) is 0 Å². The Hall–Kier alpha value is -0.120. The van der Waals surface area contributed by atoms with Crippen molar-refractivity contribution < 1.29 is 4.74 Å². The molecule has 1 N–H and O–H groups in total. The van der Waals surface area contributed by atoms with Crippen LogP contribution >= 0.6 is 0 Å². The molecule has 3 heteroatoms. The highest BCUT2D eigenvalue weighted by Crippen LogP contribution is 2.41. The van der Waals surface area contributed by atoms with Crippen molar-refractivity contribution in [2.75, 3.05) is 19.7 Å². The maximum Gasteiger partial charge on any atom is 0.0697 e. The molecule has 3 aliphatic heterocycles. The first kappa shape index (κ1) is 12.6. The number of rotatable bonds is 1. The van der Waals surface area contributed by atoms with Crippen molar-refractivity contribution in [1.82, 2.24) is 10.2 Å². The Balaban J connectivity index is 1.43. The van der Waals surface area contributed by atoms with E-state index in [0.717, 1.165) is 24.7 Å². The fourth-order valence-electron chi connectivity index (χ4n) is 4.98. The molecule has 3 nitrogen and oxygen atoms in total. The molecule has 3 unspecified atom stereocenters. The lowest BCUT2D eigenvalue weighted by molar-refractivity contribution is -0.102. The molecule has 2 bridgehead atoms. The van der Waals surface area contributed by atoms with Crippen LogP contribution in [0, 0.1) is 0 Å². The molecule has 0 aromatic carbocycles. The Labute approximate surface area is 117 Å². The third kappa shape index (κ3) is 2.45. The van der Waals surface area contributed by atoms with E-state index in [4.69, 9.17) is 4.74 Å². The normalized spacial score (nSPS) is 42.6. The summed E-state index contributed by atoms with van der Waals surface area (Å²) in [4.78, 5) is 2.80. The molecule has 1 spiro atoms. The molecule has 3 atom stereocenters. The molecule has 19 heavy (non-hydrogen) atoms. The van der Waals surface area contributed by atoms with Crippen LogP contribution in [0.4, 0.5) is 0 Å². The average molecular weight is 264 g/mol. The number of ether oxygens (including phenoxy) is 1. The molecule has 4 rings (SSSR count). The Morgan fingerprint density at radius 2 is 1.84 bits per heavy atom. The largest absolute Gasteiger partial charge is 0.375 e. The van der Waals surface area contributed by atoms with Crippen molar-refractivity contribution in [3.8, 4) is 0 Å². The number of nitrogens with one attached hydrogen (secondary N) is 1. The van der Waals surface area contributed by atoms with Gasteiger partial charge in [-0.1, -0.05) is 12.8 Å². The predicted octanol–water partition coefficient (Wildman–Crippen LogP) is 2.30. The van der Waals surface area contributed by atoms with Crippen LogP contribution in [0.25, 0.3) is 0 Å². The van der Waals surface area contributed by atoms with Crippen LogP contribution in [0.1, 0.15) is 57.8 Å². The van der Waals surface area contributed by atoms with E-state index in [9.17, 15) is 0 Å². The standard InChI is InChI=1S/C16H28N2O/c1-2-8-16(7-1)11-15(6-10-19-16)18-9-5-13-3-4-14(12-18)17-13/h13-15,17H,1-12H2. The van der Waals surface area contributed by atoms with Crippen molar-refractivity contribution in [2.24, 2.45) is 0 Å². The van der Waals surface area contributed by atoms with Crippen molar-refractivity contribution in [3.63, 3.8) is 0 Å². The summed E-state index contributed by atoms with van der Waals surface area (Å²) in [6.07, 6.45) is 12.2. The average Bonchev–Trinajstić information content (AvgIpc) is 2.97. The van der Waals surface area contributed by atoms with Crippen LogP contribution in [0.3, 0.4) is 0 Å². The van der Waals surface area contributed by atoms with Gasteiger partial charge in [0.15, 0.2) is 0 Å². The third-order valence-corrected chi connectivity index (χ3v) is 6.05. The Kier molecular flexibility index (Phi) is 3.33. The quantitative estimate of drug-likeness (QED) is 0.786. The zero-order valence-electron chi connectivity index (χ0n) is 12.1. The molecule has 0 amide bonds. The maximum atomic E-state index is 6.20. The smallest absolute Gasteiger partial charge is 0.0697 e. The summed E-state index contributed by atoms with van der Waals surface area (Å²) in [6.45, 7) is 3.61. The maximum absolute atomic E-state index is 6.20. The molecule has 4 fully saturated rings. The summed E-state index contributed by atoms with van der Waals surface area (Å²) in [7, 11) is 0. The summed E-state index contributed by atoms with van der Waals surface area (Å²) < 4.78 is 6.20. The summed E-state index contributed by atoms with van der Waals surface area (Å²) in [6, 6.07) is 2.39. The van der Waals surface area contributed by atoms with Gasteiger partial charge in [-0.15, -0.1) is 0 Å². The molecule has 4 aliphatic rings. The first-order valence-electron chi connectivity index (χ1n) is 8.47. The molecule has 0 radical (unpaired) electrons. The fourth-order valence-corrected chi connectivity index (χ4v) is 4.98. The van der Waals surface area contributed by atoms with Gasteiger partial charge in [0.05, 0.1) is 5.60 Å². The number of nitrogens with zero attached hydrogens (tertiary/aromatic N) is 1. The second-order valence-corrected chi connectivity index (χ2v) is 7.31. The van der Waals surface area contributed by atoms with Crippen LogP contribution in [0.5, 0.6) is 0 Å². The number of likely N-dealkylation sites (tertiary alicyclic amines) is 1. The van der Waals surface area contributed by atoms with E-state index in [1.165, 1.54) is 70.9 Å². The van der Waals surface area contributed by atoms with Gasteiger partial charge in [-0.25, -0.2) is 0 Å². The number of fused-ring (bicyclic) bond motifs is 2. The minimum atomic E-state index is 0.279. The second kappa shape index (κ2) is 5.01. The van der Waals surface area contributed by atoms with Gasteiger partial charge in [0, 0.05) is 31.3 Å². The van der Waals surface area contributed by atoms with Crippen LogP contribution in [0.2, 0.25) is 0 Å². The molecular formula is C16H28N2O. The molecule has 3 saturated heterocycles. The van der Waals surface area contributed by atoms with Crippen molar-refractivity contribution in [3.05, 3.63) is 0 Å². The first-order valence-corrected chi connectivity index (χ1v) is 8.47. The topological polar surface area (TPSA) is 24.5 Å². The van der Waals surface area contributed by atoms with E-state index in [1.54, 1.807) is 0 Å². The van der Waals surface area contributed by atoms with Crippen LogP contribution in [0.15, 0.2) is 0 Å². The second-order valence-electron chi connectivity index (χ2n) is 7.31. The minimum absolute atomic E-state index is 0.279. The van der Waals surface area contributed by atoms with E-state index in [-0.39, 0.29) is 5.60 Å². The Bertz CT molecular complexity index is 327. The van der Waals surface area contributed by atoms with E-state index < -0.39 is 0 Å². The minimum Gasteiger partial charge on any atom is -0.375 e. The van der Waals surface area contributed by atoms with E-state index in [0.29, 0.717) is 0 Å². The summed E-state index contributed by atoms with van der Waals surface area (Å²) >= 11 is 0. The first-order chi connectivity index (χ1) is 9.33. The molecule has 1 saturated carbocycles. The van der Waals surface area contributed by atoms with Gasteiger partial charge < -0.3 is 10.1 Å². The van der Waals surface area contributed by atoms with E-state index in [2.05, 4.69) is 10.2 Å². The number of hydrogen-bond donors (Lipinski definition) is 1. The lowest BCUT2D eigenvalue weighted by atomic mass is 9.87. The van der Waals surface area contributed by atoms with E-state index >= 15 is 0 Å². The summed E-state index contributed by atoms with van der Waals surface area (Å²) in [5, 5.41) is 3.81. The van der Waals surface area contributed by atoms with Gasteiger partial charge in [-0.3, -0.25) is 4.90 Å². The molecular weight excluding hydrogens is 236 g/mol. The predicted molar refractivity (Wildman–Crippen MR) is 76.3 cm³/mol. The highest BCUT2D eigenvalue weighted by molar-refractivity contribution is 4.97. The van der Waals surface area contributed by atoms with Crippen molar-refractivity contribution >= 4 is 0 Å². The fraction of sp³-hybridized carbons (Fsp3) is 1.00. The van der Waals surface area contributed by atoms with Gasteiger partial charge in [-0.05, 0) is 51.5 Å². The number of hydrogen-bond acceptors (Lipinski definition) is 3. The van der Waals surface area contributed by atoms with Crippen molar-refractivity contribution in [1.29, 1.82) is 0 Å². The van der Waals surface area contributed by atoms with Gasteiger partial charge >= 0.3 is 0 Å². The summed E-state index contributed by atoms with van der Waals surface area (Å²) in [5.41, 5.74) is 0.279. The lowest BCUT2D eigenvalue weighted by Crippen LogP contribution is -2.49. The van der Waals surface area contributed by atoms with E-state index in [1.807, 2.05) is 0 Å². The van der Waals surface area contributed by atoms with Gasteiger partial charge in [-0.2, -0.15) is 0 Å². The Morgan fingerprint density at radius 3 is 2.74 bits per heavy atom. The summed E-state index contributed by atoms with van der Waals surface area (Å²) in [5.74, 6) is 0. The highest BCUT2D eigenvalue weighted by Gasteiger charge is 2.42. The molecule has 108 valence electrons. The van der Waals surface area contributed by atoms with Gasteiger partial charge in [0.2, 0.25) is 0 Å². The van der Waals surface area contributed by atoms with Gasteiger partial charge in [0.25, 0.3) is 0 Å². The zero-order valence-corrected chi connectivity index (χ0v) is 12.1. The lowest BCUT2D eigenvalue weighted by Gasteiger charge is -2.43. The molecule has 0 aromatic rings. The molecule has 3 heterocycles. The zero-order chi connectivity index (χ0) is 12.7. The third-order valence-electron chi connectivity index (χ3n) is 6.05. The van der Waals surface area contributed by atoms with Crippen LogP contribution < -0.4 is 5.32 Å². The molecule has 1 aliphatic carbocycles. The SMILES string of the molecule is C1CCC2(C1)CC(N1CCC3CCC(C1)N3)CCO2. The van der Waals surface area contributed by atoms with Crippen molar-refractivity contribution in [2.45, 2.75) is 81.5 Å². The molecule has 0 aromatic heterocycles. The monoisotopic (exact) mass is 264 g/mol. The highest BCUT2D eigenvalue weighted by atomic mass is 16.5. The van der Waals surface area contributed by atoms with Crippen LogP contribution in [-0.2, 0) is 4.74 Å². The van der Waals surface area contributed by atoms with Crippen LogP contribution in [-0.4, -0.2) is 48.3 Å².